The smallest absolute Gasteiger partial charge is 0.202 e. The van der Waals surface area contributed by atoms with Crippen molar-refractivity contribution in [3.63, 3.8) is 0 Å². The highest BCUT2D eigenvalue weighted by atomic mass is 15.2. The van der Waals surface area contributed by atoms with Gasteiger partial charge < -0.3 is 22.9 Å². The Kier molecular flexibility index (Phi) is 38.0. The first-order valence-corrected chi connectivity index (χ1v) is 15.3. The van der Waals surface area contributed by atoms with Gasteiger partial charge in [-0.1, -0.05) is 92.4 Å². The Bertz CT molecular complexity index is 803. The number of rotatable bonds is 15. The number of hydrogen-bond acceptors (Lipinski definition) is 6. The predicted octanol–water partition coefficient (Wildman–Crippen LogP) is 4.12. The lowest BCUT2D eigenvalue weighted by atomic mass is 9.97. The molecule has 0 atom stereocenters. The Labute approximate surface area is 256 Å². The molecule has 0 aromatic carbocycles. The van der Waals surface area contributed by atoms with Crippen molar-refractivity contribution >= 4 is 23.8 Å². The highest BCUT2D eigenvalue weighted by Crippen LogP contribution is 2.18. The average molecular weight is 594 g/mol. The van der Waals surface area contributed by atoms with E-state index in [1.54, 1.807) is 19.4 Å². The summed E-state index contributed by atoms with van der Waals surface area (Å²) in [5, 5.41) is 24.0. The van der Waals surface area contributed by atoms with Crippen molar-refractivity contribution in [2.75, 3.05) is 20.1 Å². The molecule has 0 aliphatic rings. The van der Waals surface area contributed by atoms with Crippen LogP contribution in [0.15, 0.2) is 20.0 Å². The summed E-state index contributed by atoms with van der Waals surface area (Å²) in [6.07, 6.45) is 17.2. The van der Waals surface area contributed by atoms with Gasteiger partial charge in [0.15, 0.2) is 24.3 Å². The topological polar surface area (TPSA) is 237 Å². The van der Waals surface area contributed by atoms with Crippen LogP contribution in [-0.4, -0.2) is 49.5 Å². The maximum atomic E-state index is 8.47. The largest absolute Gasteiger partial charge is 0.370 e. The van der Waals surface area contributed by atoms with Gasteiger partial charge in [0.1, 0.15) is 0 Å². The first kappa shape index (κ1) is 45.3. The predicted molar refractivity (Wildman–Crippen MR) is 181 cm³/mol. The summed E-state index contributed by atoms with van der Waals surface area (Å²) in [6.45, 7) is 15.8. The summed E-state index contributed by atoms with van der Waals surface area (Å²) in [5.74, 6) is 0.911. The van der Waals surface area contributed by atoms with Crippen LogP contribution in [0.25, 0.3) is 0 Å². The van der Waals surface area contributed by atoms with Gasteiger partial charge in [0.2, 0.25) is 11.9 Å². The molecule has 0 amide bonds. The van der Waals surface area contributed by atoms with E-state index in [9.17, 15) is 0 Å². The fourth-order valence-electron chi connectivity index (χ4n) is 3.10. The molecule has 0 aromatic rings. The molecule has 0 rings (SSSR count). The van der Waals surface area contributed by atoms with Gasteiger partial charge in [-0.2, -0.15) is 10.5 Å². The van der Waals surface area contributed by atoms with Crippen LogP contribution in [0.1, 0.15) is 126 Å². The molecule has 0 saturated carbocycles. The fraction of sp³-hybridized carbons (Fsp3) is 0.793. The van der Waals surface area contributed by atoms with Crippen LogP contribution in [0.5, 0.6) is 0 Å². The molecule has 11 N–H and O–H groups in total. The van der Waals surface area contributed by atoms with Crippen LogP contribution >= 0.6 is 0 Å². The molecule has 0 aromatic heterocycles. The number of hydrogen-bond donors (Lipinski definition) is 7. The molecule has 13 nitrogen and oxygen atoms in total. The van der Waals surface area contributed by atoms with Crippen LogP contribution in [0.2, 0.25) is 0 Å². The molecular formula is C29H63N13. The van der Waals surface area contributed by atoms with E-state index in [0.717, 1.165) is 38.5 Å². The number of nitrogens with zero attached hydrogens (tertiary/aromatic N) is 6. The van der Waals surface area contributed by atoms with Gasteiger partial charge in [0.05, 0.1) is 5.54 Å². The molecule has 0 unspecified atom stereocenters. The van der Waals surface area contributed by atoms with Crippen molar-refractivity contribution in [1.82, 2.24) is 16.0 Å². The van der Waals surface area contributed by atoms with Crippen LogP contribution in [0.4, 0.5) is 0 Å². The van der Waals surface area contributed by atoms with Gasteiger partial charge in [-0.05, 0) is 33.1 Å². The summed E-state index contributed by atoms with van der Waals surface area (Å²) in [5.41, 5.74) is 21.8. The Morgan fingerprint density at radius 3 is 1.57 bits per heavy atom. The monoisotopic (exact) mass is 594 g/mol. The first-order valence-electron chi connectivity index (χ1n) is 15.3. The molecule has 0 aliphatic carbocycles. The standard InChI is InChI=1S/C14H29N9.C10H20N4.C3H8.C2H6/c1-14(2,23-13(18)21-10-15)8-6-4-5-7-9-20-12(17)22-11(16)19-3;1-2-3-4-5-6-7-8-13-10(12)14-9-11;1-3-2;1-2/h4-9H2,1-3H3,(H3,18,21,23)(H5,16,17,19,20,22);2-8H2,1H3,(H3,12,13,14);3H2,1-2H3;1-2H3. The van der Waals surface area contributed by atoms with Crippen molar-refractivity contribution in [1.29, 1.82) is 10.5 Å². The number of nitriles is 2. The van der Waals surface area contributed by atoms with E-state index in [1.807, 2.05) is 27.7 Å². The second-order valence-electron chi connectivity index (χ2n) is 9.69. The second kappa shape index (κ2) is 35.3. The Morgan fingerprint density at radius 2 is 1.10 bits per heavy atom. The van der Waals surface area contributed by atoms with Crippen molar-refractivity contribution in [3.8, 4) is 12.4 Å². The zero-order valence-corrected chi connectivity index (χ0v) is 27.9. The lowest BCUT2D eigenvalue weighted by molar-refractivity contribution is 0.445. The van der Waals surface area contributed by atoms with Crippen LogP contribution in [0.3, 0.4) is 0 Å². The minimum Gasteiger partial charge on any atom is -0.370 e. The number of nitrogens with one attached hydrogen (secondary N) is 3. The van der Waals surface area contributed by atoms with E-state index in [1.165, 1.54) is 38.5 Å². The van der Waals surface area contributed by atoms with Gasteiger partial charge in [0.25, 0.3) is 0 Å². The molecule has 13 heteroatoms. The highest BCUT2D eigenvalue weighted by molar-refractivity contribution is 5.96. The molecule has 0 spiro atoms. The van der Waals surface area contributed by atoms with Crippen molar-refractivity contribution in [3.05, 3.63) is 0 Å². The molecule has 0 fully saturated rings. The number of aliphatic imine (C=N–C) groups is 4. The van der Waals surface area contributed by atoms with Crippen LogP contribution < -0.4 is 38.9 Å². The Balaban J connectivity index is -0.000000323. The fourth-order valence-corrected chi connectivity index (χ4v) is 3.10. The molecule has 0 aliphatic heterocycles. The molecule has 0 radical (unpaired) electrons. The summed E-state index contributed by atoms with van der Waals surface area (Å²) in [6, 6.07) is 0. The van der Waals surface area contributed by atoms with Gasteiger partial charge in [-0.25, -0.2) is 4.99 Å². The highest BCUT2D eigenvalue weighted by Gasteiger charge is 2.16. The molecule has 0 saturated heterocycles. The minimum absolute atomic E-state index is 0.157. The number of guanidine groups is 4. The van der Waals surface area contributed by atoms with E-state index < -0.39 is 0 Å². The first-order chi connectivity index (χ1) is 20.0. The van der Waals surface area contributed by atoms with Gasteiger partial charge in [0, 0.05) is 20.1 Å². The lowest BCUT2D eigenvalue weighted by Crippen LogP contribution is -2.41. The molecule has 0 bridgehead atoms. The third-order valence-electron chi connectivity index (χ3n) is 5.06. The molecular weight excluding hydrogens is 530 g/mol. The summed E-state index contributed by atoms with van der Waals surface area (Å²) in [4.78, 5) is 16.2. The maximum Gasteiger partial charge on any atom is 0.202 e. The number of unbranched alkanes of at least 4 members (excludes halogenated alkanes) is 8. The lowest BCUT2D eigenvalue weighted by Gasteiger charge is -2.20. The van der Waals surface area contributed by atoms with Gasteiger partial charge >= 0.3 is 0 Å². The zero-order valence-electron chi connectivity index (χ0n) is 27.9. The summed E-state index contributed by atoms with van der Waals surface area (Å²) < 4.78 is 0. The van der Waals surface area contributed by atoms with Crippen LogP contribution in [-0.2, 0) is 0 Å². The van der Waals surface area contributed by atoms with E-state index in [2.05, 4.69) is 56.7 Å². The SMILES string of the molecule is CC.CCC.CCCCCCCCN=C(N)NC#N.CN=C(N)NC(N)=NCCCCCCC(C)(C)N=C(N)NC#N. The van der Waals surface area contributed by atoms with E-state index in [4.69, 9.17) is 33.5 Å². The van der Waals surface area contributed by atoms with Crippen LogP contribution in [0, 0.1) is 22.9 Å². The summed E-state index contributed by atoms with van der Waals surface area (Å²) >= 11 is 0. The molecule has 42 heavy (non-hydrogen) atoms. The van der Waals surface area contributed by atoms with Gasteiger partial charge in [-0.3, -0.25) is 30.9 Å². The van der Waals surface area contributed by atoms with E-state index >= 15 is 0 Å². The quantitative estimate of drug-likeness (QED) is 0.0474. The number of nitrogens with two attached hydrogens (primary N) is 4. The van der Waals surface area contributed by atoms with Crippen molar-refractivity contribution in [2.24, 2.45) is 42.9 Å². The molecule has 0 heterocycles. The maximum absolute atomic E-state index is 8.47. The minimum atomic E-state index is -0.280. The van der Waals surface area contributed by atoms with E-state index in [0.29, 0.717) is 13.1 Å². The second-order valence-corrected chi connectivity index (χ2v) is 9.69. The van der Waals surface area contributed by atoms with Crippen molar-refractivity contribution in [2.45, 2.75) is 131 Å². The zero-order chi connectivity index (χ0) is 33.1. The normalized spacial score (nSPS) is 11.7. The van der Waals surface area contributed by atoms with Crippen molar-refractivity contribution < 1.29 is 0 Å². The average Bonchev–Trinajstić information content (AvgIpc) is 2.93. The van der Waals surface area contributed by atoms with Gasteiger partial charge in [-0.15, -0.1) is 0 Å². The Hall–Kier alpha value is -3.74. The third kappa shape index (κ3) is 40.8. The Morgan fingerprint density at radius 1 is 0.667 bits per heavy atom. The van der Waals surface area contributed by atoms with E-state index in [-0.39, 0.29) is 29.4 Å². The summed E-state index contributed by atoms with van der Waals surface area (Å²) in [7, 11) is 1.57. The molecule has 244 valence electrons. The third-order valence-corrected chi connectivity index (χ3v) is 5.06.